The van der Waals surface area contributed by atoms with E-state index in [2.05, 4.69) is 27.3 Å². The van der Waals surface area contributed by atoms with E-state index in [4.69, 9.17) is 20.2 Å². The van der Waals surface area contributed by atoms with Crippen LogP contribution in [0.15, 0.2) is 36.4 Å². The summed E-state index contributed by atoms with van der Waals surface area (Å²) in [7, 11) is 1.71. The Morgan fingerprint density at radius 1 is 1.17 bits per heavy atom. The maximum absolute atomic E-state index is 13.4. The summed E-state index contributed by atoms with van der Waals surface area (Å²) >= 11 is 0. The molecule has 2 N–H and O–H groups in total. The van der Waals surface area contributed by atoms with Crippen LogP contribution in [0, 0.1) is 5.92 Å². The molecule has 4 aromatic rings. The van der Waals surface area contributed by atoms with Crippen molar-refractivity contribution in [3.63, 3.8) is 0 Å². The predicted molar refractivity (Wildman–Crippen MR) is 139 cm³/mol. The molecule has 2 aliphatic heterocycles. The zero-order valence-electron chi connectivity index (χ0n) is 20.6. The number of imidazole rings is 1. The van der Waals surface area contributed by atoms with Crippen LogP contribution < -0.4 is 15.2 Å². The fraction of sp³-hybridized carbons (Fsp3) is 0.429. The first-order valence-electron chi connectivity index (χ1n) is 13.0. The zero-order valence-corrected chi connectivity index (χ0v) is 20.6. The van der Waals surface area contributed by atoms with Crippen molar-refractivity contribution in [2.75, 3.05) is 26.8 Å². The largest absolute Gasteiger partial charge is 0.497 e. The van der Waals surface area contributed by atoms with E-state index < -0.39 is 0 Å². The minimum absolute atomic E-state index is 0.00326. The predicted octanol–water partition coefficient (Wildman–Crippen LogP) is 4.03. The van der Waals surface area contributed by atoms with Crippen LogP contribution in [0.25, 0.3) is 33.5 Å². The van der Waals surface area contributed by atoms with Gasteiger partial charge >= 0.3 is 0 Å². The third-order valence-corrected chi connectivity index (χ3v) is 7.85. The molecule has 0 spiro atoms. The van der Waals surface area contributed by atoms with Crippen molar-refractivity contribution >= 4 is 27.8 Å². The Hall–Kier alpha value is -3.52. The van der Waals surface area contributed by atoms with Crippen LogP contribution in [0.3, 0.4) is 0 Å². The van der Waals surface area contributed by atoms with E-state index in [1.54, 1.807) is 7.11 Å². The number of carbonyl (C=O) groups excluding carboxylic acids is 1. The van der Waals surface area contributed by atoms with Gasteiger partial charge in [-0.15, -0.1) is 0 Å². The number of aromatic nitrogens is 3. The second kappa shape index (κ2) is 8.27. The van der Waals surface area contributed by atoms with Crippen molar-refractivity contribution in [2.45, 2.75) is 44.8 Å². The highest BCUT2D eigenvalue weighted by molar-refractivity contribution is 6.00. The van der Waals surface area contributed by atoms with Gasteiger partial charge in [0.05, 0.1) is 30.4 Å². The Balaban J connectivity index is 1.37. The summed E-state index contributed by atoms with van der Waals surface area (Å²) in [5.74, 6) is 3.22. The van der Waals surface area contributed by atoms with Gasteiger partial charge in [0.2, 0.25) is 0 Å². The molecule has 186 valence electrons. The van der Waals surface area contributed by atoms with Gasteiger partial charge < -0.3 is 29.2 Å². The van der Waals surface area contributed by atoms with Gasteiger partial charge in [-0.3, -0.25) is 4.79 Å². The number of amides is 1. The number of benzene rings is 2. The molecule has 0 bridgehead atoms. The number of nitrogens with two attached hydrogens (primary N) is 1. The molecule has 1 aliphatic carbocycles. The summed E-state index contributed by atoms with van der Waals surface area (Å²) in [6.45, 7) is 3.58. The summed E-state index contributed by atoms with van der Waals surface area (Å²) < 4.78 is 16.2. The second-order valence-electron chi connectivity index (χ2n) is 10.4. The van der Waals surface area contributed by atoms with Crippen LogP contribution in [0.2, 0.25) is 0 Å². The van der Waals surface area contributed by atoms with Crippen LogP contribution in [0.1, 0.15) is 36.0 Å². The van der Waals surface area contributed by atoms with E-state index in [-0.39, 0.29) is 11.9 Å². The number of hydrogen-bond acceptors (Lipinski definition) is 5. The fourth-order valence-electron chi connectivity index (χ4n) is 5.80. The molecule has 2 aromatic carbocycles. The van der Waals surface area contributed by atoms with Crippen molar-refractivity contribution in [2.24, 2.45) is 11.7 Å². The molecule has 2 fully saturated rings. The summed E-state index contributed by atoms with van der Waals surface area (Å²) in [6, 6.07) is 12.3. The van der Waals surface area contributed by atoms with Crippen molar-refractivity contribution in [1.29, 1.82) is 0 Å². The van der Waals surface area contributed by atoms with E-state index in [1.165, 1.54) is 23.7 Å². The van der Waals surface area contributed by atoms with Gasteiger partial charge in [0.25, 0.3) is 5.91 Å². The number of methoxy groups -OCH3 is 1. The summed E-state index contributed by atoms with van der Waals surface area (Å²) in [6.07, 6.45) is 4.44. The highest BCUT2D eigenvalue weighted by Crippen LogP contribution is 2.40. The maximum atomic E-state index is 13.4. The minimum atomic E-state index is 0.00326. The normalized spacial score (nSPS) is 19.6. The Morgan fingerprint density at radius 2 is 2.06 bits per heavy atom. The molecule has 1 atom stereocenters. The van der Waals surface area contributed by atoms with Crippen molar-refractivity contribution in [1.82, 2.24) is 19.0 Å². The number of nitrogens with zero attached hydrogens (tertiary/aromatic N) is 4. The average molecular weight is 486 g/mol. The van der Waals surface area contributed by atoms with Crippen LogP contribution in [-0.4, -0.2) is 57.8 Å². The molecule has 1 saturated carbocycles. The highest BCUT2D eigenvalue weighted by atomic mass is 16.5. The lowest BCUT2D eigenvalue weighted by molar-refractivity contribution is 0.0708. The topological polar surface area (TPSA) is 87.5 Å². The van der Waals surface area contributed by atoms with Gasteiger partial charge in [0.1, 0.15) is 23.6 Å². The number of carbonyl (C=O) groups is 1. The van der Waals surface area contributed by atoms with Crippen molar-refractivity contribution in [3.8, 4) is 23.0 Å². The van der Waals surface area contributed by atoms with Crippen LogP contribution >= 0.6 is 0 Å². The number of rotatable bonds is 5. The molecule has 7 rings (SSSR count). The van der Waals surface area contributed by atoms with E-state index in [0.29, 0.717) is 24.6 Å². The van der Waals surface area contributed by atoms with E-state index in [1.807, 2.05) is 23.1 Å². The molecule has 36 heavy (non-hydrogen) atoms. The Labute approximate surface area is 209 Å². The third kappa shape index (κ3) is 3.54. The van der Waals surface area contributed by atoms with E-state index in [0.717, 1.165) is 66.5 Å². The van der Waals surface area contributed by atoms with Gasteiger partial charge in [-0.1, -0.05) is 0 Å². The van der Waals surface area contributed by atoms with Gasteiger partial charge in [-0.2, -0.15) is 0 Å². The molecule has 1 amide bonds. The third-order valence-electron chi connectivity index (χ3n) is 7.85. The first-order valence-corrected chi connectivity index (χ1v) is 13.0. The standard InChI is InChI=1S/C28H31N5O3/c1-35-21-7-6-18-12-24(33(23(18)14-21)15-17-4-5-17)27-30-22-11-19(13-25-26(22)32(27)9-10-36-25)28(34)31-8-2-3-20(29)16-31/h6-7,11-14,17,20H,2-5,8-10,15-16,29H2,1H3/t20-/m1/s1. The summed E-state index contributed by atoms with van der Waals surface area (Å²) in [4.78, 5) is 20.3. The van der Waals surface area contributed by atoms with Gasteiger partial charge in [0.15, 0.2) is 5.82 Å². The lowest BCUT2D eigenvalue weighted by Gasteiger charge is -2.31. The smallest absolute Gasteiger partial charge is 0.254 e. The number of likely N-dealkylation sites (tertiary alicyclic amines) is 1. The Morgan fingerprint density at radius 3 is 2.86 bits per heavy atom. The molecule has 8 nitrogen and oxygen atoms in total. The maximum Gasteiger partial charge on any atom is 0.254 e. The number of piperidine rings is 1. The lowest BCUT2D eigenvalue weighted by Crippen LogP contribution is -2.45. The molecule has 3 aliphatic rings. The summed E-state index contributed by atoms with van der Waals surface area (Å²) in [5.41, 5.74) is 10.8. The number of hydrogen-bond donors (Lipinski definition) is 1. The molecule has 4 heterocycles. The minimum Gasteiger partial charge on any atom is -0.497 e. The first kappa shape index (κ1) is 21.7. The highest BCUT2D eigenvalue weighted by Gasteiger charge is 2.29. The van der Waals surface area contributed by atoms with Gasteiger partial charge in [0, 0.05) is 42.7 Å². The summed E-state index contributed by atoms with van der Waals surface area (Å²) in [5, 5.41) is 1.18. The quantitative estimate of drug-likeness (QED) is 0.461. The van der Waals surface area contributed by atoms with E-state index >= 15 is 0 Å². The Kier molecular flexibility index (Phi) is 4.99. The molecule has 0 unspecified atom stereocenters. The van der Waals surface area contributed by atoms with Crippen LogP contribution in [0.4, 0.5) is 0 Å². The van der Waals surface area contributed by atoms with Crippen LogP contribution in [0.5, 0.6) is 11.5 Å². The number of fused-ring (bicyclic) bond motifs is 1. The molecule has 0 radical (unpaired) electrons. The van der Waals surface area contributed by atoms with E-state index in [9.17, 15) is 4.79 Å². The van der Waals surface area contributed by atoms with Crippen molar-refractivity contribution in [3.05, 3.63) is 42.0 Å². The molecule has 8 heteroatoms. The Bertz CT molecular complexity index is 1500. The monoisotopic (exact) mass is 485 g/mol. The number of ether oxygens (including phenoxy) is 2. The molecular formula is C28H31N5O3. The molecule has 1 saturated heterocycles. The fourth-order valence-corrected chi connectivity index (χ4v) is 5.80. The average Bonchev–Trinajstić information content (AvgIpc) is 3.55. The van der Waals surface area contributed by atoms with Crippen LogP contribution in [-0.2, 0) is 13.1 Å². The first-order chi connectivity index (χ1) is 17.6. The molecule has 2 aromatic heterocycles. The lowest BCUT2D eigenvalue weighted by atomic mass is 10.0. The van der Waals surface area contributed by atoms with Crippen molar-refractivity contribution < 1.29 is 14.3 Å². The van der Waals surface area contributed by atoms with Gasteiger partial charge in [-0.25, -0.2) is 4.98 Å². The zero-order chi connectivity index (χ0) is 24.4. The second-order valence-corrected chi connectivity index (χ2v) is 10.4. The SMILES string of the molecule is COc1ccc2cc(-c3nc4cc(C(=O)N5CCC[C@@H](N)C5)cc5c4n3CCO5)n(CC3CC3)c2c1. The molecular weight excluding hydrogens is 454 g/mol. The van der Waals surface area contributed by atoms with Gasteiger partial charge in [-0.05, 0) is 61.9 Å².